The maximum absolute atomic E-state index is 15.0. The van der Waals surface area contributed by atoms with E-state index < -0.39 is 11.6 Å². The maximum atomic E-state index is 15.0. The third kappa shape index (κ3) is 6.89. The number of hydrogen-bond acceptors (Lipinski definition) is 0. The Balaban J connectivity index is 1.34. The minimum Gasteiger partial charge on any atom is -0.203 e. The summed E-state index contributed by atoms with van der Waals surface area (Å²) in [7, 11) is 1.97. The minimum absolute atomic E-state index is 0.0363. The summed E-state index contributed by atoms with van der Waals surface area (Å²) in [5.74, 6) is -0.881. The van der Waals surface area contributed by atoms with E-state index in [1.165, 1.54) is 22.3 Å². The molecule has 192 valence electrons. The van der Waals surface area contributed by atoms with E-state index in [0.29, 0.717) is 17.0 Å². The quantitative estimate of drug-likeness (QED) is 0.184. The first kappa shape index (κ1) is 27.1. The fourth-order valence-corrected chi connectivity index (χ4v) is 5.55. The van der Waals surface area contributed by atoms with E-state index in [0.717, 1.165) is 63.4 Å². The summed E-state index contributed by atoms with van der Waals surface area (Å²) in [6, 6.07) is 21.5. The van der Waals surface area contributed by atoms with Crippen LogP contribution in [0.5, 0.6) is 0 Å². The SMILES string of the molecule is B[C@@H](CCC)c1ccc(C2=CCC(c3ccc(CCc4ccc(CCC=C)cc4)cc3)CC2)c(F)c1F. The maximum Gasteiger partial charge on any atom is 0.166 e. The summed E-state index contributed by atoms with van der Waals surface area (Å²) in [5.41, 5.74) is 7.29. The van der Waals surface area contributed by atoms with Gasteiger partial charge in [-0.1, -0.05) is 92.6 Å². The average Bonchev–Trinajstić information content (AvgIpc) is 2.93. The van der Waals surface area contributed by atoms with Crippen molar-refractivity contribution in [3.63, 3.8) is 0 Å². The van der Waals surface area contributed by atoms with Gasteiger partial charge in [0, 0.05) is 5.56 Å². The van der Waals surface area contributed by atoms with Gasteiger partial charge in [0.05, 0.1) is 0 Å². The van der Waals surface area contributed by atoms with Crippen LogP contribution in [0.3, 0.4) is 0 Å². The van der Waals surface area contributed by atoms with Crippen molar-refractivity contribution in [2.24, 2.45) is 0 Å². The zero-order valence-corrected chi connectivity index (χ0v) is 22.4. The molecule has 1 aliphatic carbocycles. The molecule has 0 saturated carbocycles. The number of halogens is 2. The molecule has 0 radical (unpaired) electrons. The van der Waals surface area contributed by atoms with E-state index in [1.807, 2.05) is 13.9 Å². The van der Waals surface area contributed by atoms with E-state index >= 15 is 0 Å². The summed E-state index contributed by atoms with van der Waals surface area (Å²) in [5, 5.41) is 0. The van der Waals surface area contributed by atoms with Gasteiger partial charge < -0.3 is 0 Å². The zero-order valence-electron chi connectivity index (χ0n) is 22.4. The van der Waals surface area contributed by atoms with E-state index in [2.05, 4.69) is 68.1 Å². The monoisotopic (exact) mass is 496 g/mol. The topological polar surface area (TPSA) is 0 Å². The van der Waals surface area contributed by atoms with Crippen molar-refractivity contribution in [1.82, 2.24) is 0 Å². The van der Waals surface area contributed by atoms with Crippen molar-refractivity contribution in [2.75, 3.05) is 0 Å². The second-order valence-electron chi connectivity index (χ2n) is 10.6. The number of allylic oxidation sites excluding steroid dienone is 3. The van der Waals surface area contributed by atoms with Gasteiger partial charge in [-0.25, -0.2) is 8.78 Å². The Morgan fingerprint density at radius 1 is 0.892 bits per heavy atom. The molecule has 0 bridgehead atoms. The third-order valence-corrected chi connectivity index (χ3v) is 7.94. The largest absolute Gasteiger partial charge is 0.203 e. The van der Waals surface area contributed by atoms with Crippen LogP contribution in [0, 0.1) is 11.6 Å². The van der Waals surface area contributed by atoms with Crippen molar-refractivity contribution in [3.05, 3.63) is 124 Å². The molecule has 3 aromatic rings. The lowest BCUT2D eigenvalue weighted by atomic mass is 9.76. The molecule has 0 N–H and O–H groups in total. The van der Waals surface area contributed by atoms with E-state index in [9.17, 15) is 8.78 Å². The smallest absolute Gasteiger partial charge is 0.166 e. The average molecular weight is 496 g/mol. The highest BCUT2D eigenvalue weighted by molar-refractivity contribution is 6.12. The summed E-state index contributed by atoms with van der Waals surface area (Å²) in [6.07, 6.45) is 12.6. The summed E-state index contributed by atoms with van der Waals surface area (Å²) < 4.78 is 29.8. The summed E-state index contributed by atoms with van der Waals surface area (Å²) >= 11 is 0. The minimum atomic E-state index is -0.680. The van der Waals surface area contributed by atoms with Crippen LogP contribution in [0.15, 0.2) is 79.4 Å². The van der Waals surface area contributed by atoms with Crippen LogP contribution in [0.25, 0.3) is 5.57 Å². The first-order chi connectivity index (χ1) is 18.0. The Labute approximate surface area is 222 Å². The Kier molecular flexibility index (Phi) is 9.55. The Hall–Kier alpha value is -2.94. The fourth-order valence-electron chi connectivity index (χ4n) is 5.55. The second-order valence-corrected chi connectivity index (χ2v) is 10.6. The number of benzene rings is 3. The second kappa shape index (κ2) is 13.0. The normalized spacial score (nSPS) is 16.3. The van der Waals surface area contributed by atoms with Crippen LogP contribution < -0.4 is 0 Å². The van der Waals surface area contributed by atoms with Gasteiger partial charge in [-0.3, -0.25) is 0 Å². The molecule has 1 aliphatic rings. The molecule has 0 fully saturated rings. The lowest BCUT2D eigenvalue weighted by Crippen LogP contribution is -2.08. The van der Waals surface area contributed by atoms with Crippen molar-refractivity contribution in [3.8, 4) is 0 Å². The number of rotatable bonds is 11. The predicted octanol–water partition coefficient (Wildman–Crippen LogP) is 8.69. The third-order valence-electron chi connectivity index (χ3n) is 7.94. The molecule has 3 aromatic carbocycles. The van der Waals surface area contributed by atoms with Crippen LogP contribution >= 0.6 is 0 Å². The summed E-state index contributed by atoms with van der Waals surface area (Å²) in [4.78, 5) is 0. The molecule has 2 atom stereocenters. The van der Waals surface area contributed by atoms with Gasteiger partial charge in [-0.2, -0.15) is 0 Å². The number of aryl methyl sites for hydroxylation is 3. The Bertz CT molecular complexity index is 1210. The zero-order chi connectivity index (χ0) is 26.2. The molecule has 3 heteroatoms. The highest BCUT2D eigenvalue weighted by Gasteiger charge is 2.22. The molecule has 1 unspecified atom stereocenters. The van der Waals surface area contributed by atoms with Crippen molar-refractivity contribution in [1.29, 1.82) is 0 Å². The molecular formula is C34H39BF2. The van der Waals surface area contributed by atoms with Gasteiger partial charge >= 0.3 is 0 Å². The Morgan fingerprint density at radius 2 is 1.51 bits per heavy atom. The fraction of sp³-hybridized carbons (Fsp3) is 0.353. The van der Waals surface area contributed by atoms with Crippen LogP contribution in [0.1, 0.15) is 90.6 Å². The Morgan fingerprint density at radius 3 is 2.08 bits per heavy atom. The van der Waals surface area contributed by atoms with Gasteiger partial charge in [0.2, 0.25) is 0 Å². The van der Waals surface area contributed by atoms with Crippen molar-refractivity contribution < 1.29 is 8.78 Å². The van der Waals surface area contributed by atoms with Gasteiger partial charge in [-0.05, 0) is 90.1 Å². The van der Waals surface area contributed by atoms with Crippen LogP contribution in [0.2, 0.25) is 0 Å². The van der Waals surface area contributed by atoms with Crippen LogP contribution in [-0.2, 0) is 19.3 Å². The van der Waals surface area contributed by atoms with Gasteiger partial charge in [0.25, 0.3) is 0 Å². The lowest BCUT2D eigenvalue weighted by Gasteiger charge is -2.24. The van der Waals surface area contributed by atoms with Crippen molar-refractivity contribution in [2.45, 2.75) is 76.4 Å². The van der Waals surface area contributed by atoms with Crippen LogP contribution in [0.4, 0.5) is 8.78 Å². The van der Waals surface area contributed by atoms with E-state index in [-0.39, 0.29) is 5.82 Å². The summed E-state index contributed by atoms with van der Waals surface area (Å²) in [6.45, 7) is 5.87. The van der Waals surface area contributed by atoms with Crippen molar-refractivity contribution >= 4 is 13.4 Å². The molecule has 0 nitrogen and oxygen atoms in total. The highest BCUT2D eigenvalue weighted by Crippen LogP contribution is 2.38. The predicted molar refractivity (Wildman–Crippen MR) is 156 cm³/mol. The van der Waals surface area contributed by atoms with Gasteiger partial charge in [0.1, 0.15) is 7.85 Å². The molecule has 0 aromatic heterocycles. The van der Waals surface area contributed by atoms with E-state index in [4.69, 9.17) is 0 Å². The van der Waals surface area contributed by atoms with Crippen LogP contribution in [-0.4, -0.2) is 7.85 Å². The molecular weight excluding hydrogens is 457 g/mol. The van der Waals surface area contributed by atoms with Gasteiger partial charge in [-0.15, -0.1) is 6.58 Å². The molecule has 0 saturated heterocycles. The molecule has 0 heterocycles. The molecule has 0 spiro atoms. The first-order valence-electron chi connectivity index (χ1n) is 13.9. The lowest BCUT2D eigenvalue weighted by molar-refractivity contribution is 0.492. The first-order valence-corrected chi connectivity index (χ1v) is 13.9. The van der Waals surface area contributed by atoms with Gasteiger partial charge in [0.15, 0.2) is 11.6 Å². The standard InChI is InChI=1S/C34H39BF2/c1-3-5-7-24-8-10-25(11-9-24)12-13-26-14-16-27(17-15-26)28-18-20-29(21-19-28)30-22-23-31(32(35)6-4-2)34(37)33(30)36/h3,8-11,14-17,20,22-23,28,32H,1,4-7,12-13,18-19,21,35H2,2H3/t28?,32-/m0/s1. The molecule has 0 aliphatic heterocycles. The molecule has 0 amide bonds. The number of hydrogen-bond donors (Lipinski definition) is 0. The molecule has 37 heavy (non-hydrogen) atoms. The van der Waals surface area contributed by atoms with E-state index in [1.54, 1.807) is 12.1 Å². The highest BCUT2D eigenvalue weighted by atomic mass is 19.2. The molecule has 4 rings (SSSR count).